The van der Waals surface area contributed by atoms with Gasteiger partial charge >= 0.3 is 5.97 Å². The fourth-order valence-corrected chi connectivity index (χ4v) is 15.9. The molecule has 0 aromatic carbocycles. The van der Waals surface area contributed by atoms with Gasteiger partial charge in [-0.25, -0.2) is 8.42 Å². The van der Waals surface area contributed by atoms with Gasteiger partial charge in [0.05, 0.1) is 17.4 Å². The molecule has 7 rings (SSSR count). The number of hydrogen-bond acceptors (Lipinski definition) is 5. The number of allylic oxidation sites excluding steroid dienone is 4. The normalized spacial score (nSPS) is 46.1. The standard InChI is InChI=1S/C42H68N2O4S/c1-28(2)31-14-19-42(43-22-23-44-24-26-49(47,48)27-25-44)21-20-40(6)33(36(31)42)12-13-35-39(5)17-15-32(29-8-10-30(11-9-29)37(45)46)38(3,4)34(39)16-18-41(35,40)7/h8,15,28,30-31,33-36,43H,9-14,16-27H2,1-7H3,(H,45,46). The number of sulfone groups is 1. The molecule has 1 saturated heterocycles. The van der Waals surface area contributed by atoms with Gasteiger partial charge in [-0.2, -0.15) is 0 Å². The molecule has 0 aromatic heterocycles. The molecule has 49 heavy (non-hydrogen) atoms. The highest BCUT2D eigenvalue weighted by Gasteiger charge is 2.70. The lowest BCUT2D eigenvalue weighted by atomic mass is 9.32. The van der Waals surface area contributed by atoms with Gasteiger partial charge in [0, 0.05) is 31.7 Å². The van der Waals surface area contributed by atoms with Crippen LogP contribution in [-0.2, 0) is 14.6 Å². The zero-order valence-corrected chi connectivity index (χ0v) is 32.8. The first kappa shape index (κ1) is 36.2. The number of nitrogens with one attached hydrogen (secondary N) is 1. The van der Waals surface area contributed by atoms with Crippen LogP contribution in [-0.4, -0.2) is 67.6 Å². The van der Waals surface area contributed by atoms with E-state index in [0.29, 0.717) is 53.7 Å². The fraction of sp³-hybridized carbons (Fsp3) is 0.881. The molecule has 6 nitrogen and oxygen atoms in total. The number of rotatable bonds is 7. The summed E-state index contributed by atoms with van der Waals surface area (Å²) in [6.45, 7) is 21.5. The molecule has 0 aromatic rings. The van der Waals surface area contributed by atoms with Crippen molar-refractivity contribution in [1.29, 1.82) is 0 Å². The summed E-state index contributed by atoms with van der Waals surface area (Å²) in [7, 11) is -2.85. The minimum Gasteiger partial charge on any atom is -0.481 e. The van der Waals surface area contributed by atoms with E-state index < -0.39 is 15.8 Å². The van der Waals surface area contributed by atoms with E-state index in [1.807, 2.05) is 0 Å². The van der Waals surface area contributed by atoms with Crippen LogP contribution >= 0.6 is 0 Å². The molecule has 2 N–H and O–H groups in total. The maximum absolute atomic E-state index is 12.0. The molecule has 1 aliphatic heterocycles. The second-order valence-electron chi connectivity index (χ2n) is 19.8. The first-order valence-electron chi connectivity index (χ1n) is 20.3. The molecule has 6 aliphatic carbocycles. The Hall–Kier alpha value is -1.18. The Labute approximate surface area is 298 Å². The number of aliphatic carboxylic acids is 1. The van der Waals surface area contributed by atoms with Crippen LogP contribution in [0.25, 0.3) is 0 Å². The highest BCUT2D eigenvalue weighted by molar-refractivity contribution is 7.91. The van der Waals surface area contributed by atoms with Crippen molar-refractivity contribution in [2.75, 3.05) is 37.7 Å². The topological polar surface area (TPSA) is 86.7 Å². The highest BCUT2D eigenvalue weighted by Crippen LogP contribution is 2.76. The lowest BCUT2D eigenvalue weighted by molar-refractivity contribution is -0.223. The molecule has 1 heterocycles. The number of nitrogens with zero attached hydrogens (tertiary/aromatic N) is 1. The largest absolute Gasteiger partial charge is 0.481 e. The average Bonchev–Trinajstić information content (AvgIpc) is 3.42. The molecule has 10 atom stereocenters. The first-order chi connectivity index (χ1) is 23.0. The van der Waals surface area contributed by atoms with E-state index >= 15 is 0 Å². The first-order valence-corrected chi connectivity index (χ1v) is 22.1. The van der Waals surface area contributed by atoms with E-state index in [9.17, 15) is 18.3 Å². The Morgan fingerprint density at radius 2 is 1.65 bits per heavy atom. The SMILES string of the molecule is CC(C)C1CCC2(NCCN3CCS(=O)(=O)CC3)CCC3(C)C(CCC4C5(C)CC=C(C6=CCC(C(=O)O)CC6)C(C)(C)C5CCC43C)C12. The summed E-state index contributed by atoms with van der Waals surface area (Å²) in [4.78, 5) is 14.0. The third-order valence-electron chi connectivity index (χ3n) is 17.4. The predicted octanol–water partition coefficient (Wildman–Crippen LogP) is 8.14. The van der Waals surface area contributed by atoms with Crippen LogP contribution in [0.2, 0.25) is 0 Å². The van der Waals surface area contributed by atoms with Crippen LogP contribution in [0.15, 0.2) is 23.3 Å². The summed E-state index contributed by atoms with van der Waals surface area (Å²) in [5.74, 6) is 4.09. The van der Waals surface area contributed by atoms with Gasteiger partial charge < -0.3 is 15.3 Å². The van der Waals surface area contributed by atoms with Crippen molar-refractivity contribution >= 4 is 15.8 Å². The van der Waals surface area contributed by atoms with E-state index in [1.54, 1.807) is 0 Å². The van der Waals surface area contributed by atoms with Gasteiger partial charge in [0.1, 0.15) is 0 Å². The quantitative estimate of drug-likeness (QED) is 0.280. The molecular formula is C42H68N2O4S. The summed E-state index contributed by atoms with van der Waals surface area (Å²) in [6.07, 6.45) is 19.0. The molecule has 0 amide bonds. The van der Waals surface area contributed by atoms with Crippen molar-refractivity contribution in [3.05, 3.63) is 23.3 Å². The maximum Gasteiger partial charge on any atom is 0.306 e. The third-order valence-corrected chi connectivity index (χ3v) is 19.0. The number of hydrogen-bond donors (Lipinski definition) is 2. The number of carbonyl (C=O) groups is 1. The Bertz CT molecular complexity index is 1470. The lowest BCUT2D eigenvalue weighted by Gasteiger charge is -2.72. The molecule has 0 spiro atoms. The van der Waals surface area contributed by atoms with Gasteiger partial charge in [-0.3, -0.25) is 4.79 Å². The van der Waals surface area contributed by atoms with Crippen molar-refractivity contribution in [2.24, 2.45) is 63.1 Å². The zero-order chi connectivity index (χ0) is 35.2. The highest BCUT2D eigenvalue weighted by atomic mass is 32.2. The number of fused-ring (bicyclic) bond motifs is 7. The van der Waals surface area contributed by atoms with E-state index in [1.165, 1.54) is 68.9 Å². The van der Waals surface area contributed by atoms with Gasteiger partial charge in [0.15, 0.2) is 9.84 Å². The number of carboxylic acid groups (broad SMARTS) is 1. The van der Waals surface area contributed by atoms with Gasteiger partial charge in [0.25, 0.3) is 0 Å². The van der Waals surface area contributed by atoms with E-state index in [0.717, 1.165) is 49.6 Å². The smallest absolute Gasteiger partial charge is 0.306 e. The second kappa shape index (κ2) is 12.5. The van der Waals surface area contributed by atoms with E-state index in [2.05, 4.69) is 70.8 Å². The lowest BCUT2D eigenvalue weighted by Crippen LogP contribution is -2.68. The Kier molecular flexibility index (Phi) is 9.20. The summed E-state index contributed by atoms with van der Waals surface area (Å²) >= 11 is 0. The van der Waals surface area contributed by atoms with Crippen molar-refractivity contribution in [1.82, 2.24) is 10.2 Å². The fourth-order valence-electron chi connectivity index (χ4n) is 14.6. The van der Waals surface area contributed by atoms with Gasteiger partial charge in [-0.05, 0) is 145 Å². The zero-order valence-electron chi connectivity index (χ0n) is 32.0. The summed E-state index contributed by atoms with van der Waals surface area (Å²) in [5.41, 5.74) is 4.26. The summed E-state index contributed by atoms with van der Waals surface area (Å²) in [5, 5.41) is 13.9. The molecule has 7 heteroatoms. The second-order valence-corrected chi connectivity index (χ2v) is 22.1. The van der Waals surface area contributed by atoms with E-state index in [4.69, 9.17) is 0 Å². The molecule has 5 fully saturated rings. The Morgan fingerprint density at radius 3 is 2.31 bits per heavy atom. The van der Waals surface area contributed by atoms with Crippen molar-refractivity contribution in [3.63, 3.8) is 0 Å². The third kappa shape index (κ3) is 5.67. The molecule has 0 bridgehead atoms. The van der Waals surface area contributed by atoms with Crippen LogP contribution in [0.5, 0.6) is 0 Å². The minimum atomic E-state index is -2.85. The van der Waals surface area contributed by atoms with Crippen LogP contribution < -0.4 is 5.32 Å². The Morgan fingerprint density at radius 1 is 0.918 bits per heavy atom. The van der Waals surface area contributed by atoms with E-state index in [-0.39, 0.29) is 22.3 Å². The van der Waals surface area contributed by atoms with Crippen molar-refractivity contribution < 1.29 is 18.3 Å². The molecule has 276 valence electrons. The van der Waals surface area contributed by atoms with Gasteiger partial charge in [-0.1, -0.05) is 60.6 Å². The predicted molar refractivity (Wildman–Crippen MR) is 199 cm³/mol. The van der Waals surface area contributed by atoms with Gasteiger partial charge in [0.2, 0.25) is 0 Å². The molecule has 7 aliphatic rings. The average molecular weight is 697 g/mol. The van der Waals surface area contributed by atoms with Crippen LogP contribution in [0.4, 0.5) is 0 Å². The molecule has 0 radical (unpaired) electrons. The van der Waals surface area contributed by atoms with Crippen LogP contribution in [0.1, 0.15) is 126 Å². The maximum atomic E-state index is 12.0. The van der Waals surface area contributed by atoms with Crippen LogP contribution in [0, 0.1) is 63.1 Å². The number of carboxylic acids is 1. The van der Waals surface area contributed by atoms with Gasteiger partial charge in [-0.15, -0.1) is 0 Å². The summed E-state index contributed by atoms with van der Waals surface area (Å²) < 4.78 is 24.1. The molecular weight excluding hydrogens is 629 g/mol. The van der Waals surface area contributed by atoms with Crippen LogP contribution in [0.3, 0.4) is 0 Å². The molecule has 10 unspecified atom stereocenters. The Balaban J connectivity index is 1.13. The van der Waals surface area contributed by atoms with Crippen molar-refractivity contribution in [2.45, 2.75) is 131 Å². The monoisotopic (exact) mass is 696 g/mol. The van der Waals surface area contributed by atoms with Crippen molar-refractivity contribution in [3.8, 4) is 0 Å². The molecule has 4 saturated carbocycles. The minimum absolute atomic E-state index is 0.104. The summed E-state index contributed by atoms with van der Waals surface area (Å²) in [6, 6.07) is 0.